The maximum absolute atomic E-state index is 6.40. The van der Waals surface area contributed by atoms with Crippen molar-refractivity contribution in [2.24, 2.45) is 0 Å². The molecule has 1 fully saturated rings. The number of aromatic nitrogens is 4. The Hall–Kier alpha value is -2.49. The van der Waals surface area contributed by atoms with Gasteiger partial charge in [-0.2, -0.15) is 0 Å². The highest BCUT2D eigenvalue weighted by Gasteiger charge is 2.41. The number of hydrogen-bond acceptors (Lipinski definition) is 7. The lowest BCUT2D eigenvalue weighted by atomic mass is 10.2. The van der Waals surface area contributed by atoms with Gasteiger partial charge in [-0.3, -0.25) is 4.98 Å². The summed E-state index contributed by atoms with van der Waals surface area (Å²) in [7, 11) is 1.61. The summed E-state index contributed by atoms with van der Waals surface area (Å²) in [6.45, 7) is 4.08. The van der Waals surface area contributed by atoms with Crippen molar-refractivity contribution in [1.29, 1.82) is 0 Å². The highest BCUT2D eigenvalue weighted by Crippen LogP contribution is 2.37. The lowest BCUT2D eigenvalue weighted by molar-refractivity contribution is -0.237. The van der Waals surface area contributed by atoms with Gasteiger partial charge in [-0.05, 0) is 38.1 Å². The quantitative estimate of drug-likeness (QED) is 0.246. The minimum absolute atomic E-state index is 0.222. The van der Waals surface area contributed by atoms with Crippen molar-refractivity contribution in [2.45, 2.75) is 44.5 Å². The van der Waals surface area contributed by atoms with E-state index in [1.165, 1.54) is 6.33 Å². The fourth-order valence-electron chi connectivity index (χ4n) is 4.10. The molecule has 0 saturated carbocycles. The van der Waals surface area contributed by atoms with Crippen molar-refractivity contribution in [2.75, 3.05) is 13.7 Å². The van der Waals surface area contributed by atoms with E-state index in [2.05, 4.69) is 15.0 Å². The predicted molar refractivity (Wildman–Crippen MR) is 129 cm³/mol. The van der Waals surface area contributed by atoms with Gasteiger partial charge in [-0.1, -0.05) is 23.2 Å². The minimum atomic E-state index is -0.791. The SMILES string of the molecule is COC(C)(C)O[C@@H]1C[C@@H](COc2ccc3c(Cl)ccnc3c2)O[C@H]1n1ccc2c(Cl)ncnc21. The predicted octanol–water partition coefficient (Wildman–Crippen LogP) is 5.42. The number of fused-ring (bicyclic) bond motifs is 2. The molecule has 8 nitrogen and oxygen atoms in total. The standard InChI is InChI=1S/C24H24Cl2N4O4/c1-24(2,31-3)34-20-11-15(12-32-14-4-5-16-18(25)6-8-27-19(16)10-14)33-23(20)30-9-7-17-21(26)28-13-29-22(17)30/h4-10,13,15,20,23H,11-12H2,1-3H3/t15-,20+,23+/m0/s1. The second-order valence-electron chi connectivity index (χ2n) is 8.55. The Labute approximate surface area is 206 Å². The van der Waals surface area contributed by atoms with Crippen LogP contribution >= 0.6 is 23.2 Å². The molecule has 3 atom stereocenters. The van der Waals surface area contributed by atoms with Gasteiger partial charge in [0.05, 0.1) is 22.0 Å². The molecule has 0 unspecified atom stereocenters. The third-order valence-corrected chi connectivity index (χ3v) is 6.53. The number of ether oxygens (including phenoxy) is 4. The lowest BCUT2D eigenvalue weighted by Gasteiger charge is -2.30. The summed E-state index contributed by atoms with van der Waals surface area (Å²) >= 11 is 12.5. The van der Waals surface area contributed by atoms with E-state index in [9.17, 15) is 0 Å². The monoisotopic (exact) mass is 502 g/mol. The Morgan fingerprint density at radius 3 is 2.79 bits per heavy atom. The fraction of sp³-hybridized carbons (Fsp3) is 0.375. The van der Waals surface area contributed by atoms with Crippen LogP contribution in [-0.2, 0) is 14.2 Å². The highest BCUT2D eigenvalue weighted by molar-refractivity contribution is 6.35. The Balaban J connectivity index is 1.37. The van der Waals surface area contributed by atoms with Gasteiger partial charge in [0, 0.05) is 37.4 Å². The number of hydrogen-bond donors (Lipinski definition) is 0. The highest BCUT2D eigenvalue weighted by atomic mass is 35.5. The van der Waals surface area contributed by atoms with Crippen LogP contribution in [0.5, 0.6) is 5.75 Å². The van der Waals surface area contributed by atoms with Gasteiger partial charge in [0.25, 0.3) is 0 Å². The van der Waals surface area contributed by atoms with E-state index >= 15 is 0 Å². The molecule has 1 aliphatic rings. The van der Waals surface area contributed by atoms with Crippen LogP contribution in [0.1, 0.15) is 26.5 Å². The smallest absolute Gasteiger partial charge is 0.162 e. The summed E-state index contributed by atoms with van der Waals surface area (Å²) in [5.41, 5.74) is 1.45. The molecule has 178 valence electrons. The molecule has 0 bridgehead atoms. The van der Waals surface area contributed by atoms with Crippen molar-refractivity contribution in [3.8, 4) is 5.75 Å². The molecule has 0 aliphatic carbocycles. The first kappa shape index (κ1) is 23.3. The topological polar surface area (TPSA) is 80.5 Å². The van der Waals surface area contributed by atoms with Crippen molar-refractivity contribution in [3.05, 3.63) is 59.2 Å². The Kier molecular flexibility index (Phi) is 6.35. The van der Waals surface area contributed by atoms with Gasteiger partial charge < -0.3 is 23.5 Å². The number of rotatable bonds is 7. The van der Waals surface area contributed by atoms with Gasteiger partial charge >= 0.3 is 0 Å². The first-order valence-electron chi connectivity index (χ1n) is 10.9. The zero-order valence-corrected chi connectivity index (χ0v) is 20.5. The summed E-state index contributed by atoms with van der Waals surface area (Å²) in [5, 5.41) is 2.67. The van der Waals surface area contributed by atoms with Gasteiger partial charge in [0.1, 0.15) is 35.6 Å². The van der Waals surface area contributed by atoms with Crippen LogP contribution in [0, 0.1) is 0 Å². The van der Waals surface area contributed by atoms with Crippen molar-refractivity contribution in [3.63, 3.8) is 0 Å². The second kappa shape index (κ2) is 9.28. The first-order valence-corrected chi connectivity index (χ1v) is 11.6. The molecule has 1 saturated heterocycles. The maximum atomic E-state index is 6.40. The number of nitrogens with zero attached hydrogens (tertiary/aromatic N) is 4. The Morgan fingerprint density at radius 2 is 1.97 bits per heavy atom. The molecule has 4 heterocycles. The molecule has 0 radical (unpaired) electrons. The van der Waals surface area contributed by atoms with Crippen molar-refractivity contribution in [1.82, 2.24) is 19.5 Å². The van der Waals surface area contributed by atoms with E-state index in [-0.39, 0.29) is 12.2 Å². The maximum Gasteiger partial charge on any atom is 0.162 e. The average molecular weight is 503 g/mol. The van der Waals surface area contributed by atoms with Crippen LogP contribution in [0.15, 0.2) is 49.1 Å². The average Bonchev–Trinajstić information content (AvgIpc) is 3.42. The van der Waals surface area contributed by atoms with Gasteiger partial charge in [0.15, 0.2) is 12.0 Å². The molecular weight excluding hydrogens is 479 g/mol. The van der Waals surface area contributed by atoms with Gasteiger partial charge in [0.2, 0.25) is 0 Å². The van der Waals surface area contributed by atoms with Crippen LogP contribution in [0.25, 0.3) is 21.9 Å². The van der Waals surface area contributed by atoms with Crippen molar-refractivity contribution >= 4 is 45.1 Å². The zero-order valence-electron chi connectivity index (χ0n) is 18.9. The van der Waals surface area contributed by atoms with Crippen LogP contribution in [-0.4, -0.2) is 51.2 Å². The van der Waals surface area contributed by atoms with E-state index in [0.717, 1.165) is 16.3 Å². The molecule has 0 amide bonds. The Morgan fingerprint density at radius 1 is 1.12 bits per heavy atom. The molecule has 5 rings (SSSR count). The first-order chi connectivity index (χ1) is 16.3. The summed E-state index contributed by atoms with van der Waals surface area (Å²) in [6.07, 6.45) is 4.64. The third kappa shape index (κ3) is 4.56. The molecular formula is C24H24Cl2N4O4. The number of methoxy groups -OCH3 is 1. The van der Waals surface area contributed by atoms with Gasteiger partial charge in [-0.25, -0.2) is 9.97 Å². The number of halogens is 2. The molecule has 0 spiro atoms. The number of benzene rings is 1. The van der Waals surface area contributed by atoms with Crippen molar-refractivity contribution < 1.29 is 18.9 Å². The van der Waals surface area contributed by atoms with Crippen LogP contribution in [0.4, 0.5) is 0 Å². The molecule has 3 aromatic heterocycles. The summed E-state index contributed by atoms with van der Waals surface area (Å²) in [6, 6.07) is 9.29. The van der Waals surface area contributed by atoms with E-state index in [1.54, 1.807) is 19.4 Å². The zero-order chi connectivity index (χ0) is 23.9. The summed E-state index contributed by atoms with van der Waals surface area (Å²) < 4.78 is 26.2. The fourth-order valence-corrected chi connectivity index (χ4v) is 4.51. The largest absolute Gasteiger partial charge is 0.491 e. The molecule has 10 heteroatoms. The molecule has 0 N–H and O–H groups in total. The number of pyridine rings is 1. The molecule has 4 aromatic rings. The van der Waals surface area contributed by atoms with E-state index in [1.807, 2.05) is 48.9 Å². The van der Waals surface area contributed by atoms with Gasteiger partial charge in [-0.15, -0.1) is 0 Å². The van der Waals surface area contributed by atoms with Crippen LogP contribution in [0.3, 0.4) is 0 Å². The lowest BCUT2D eigenvalue weighted by Crippen LogP contribution is -2.35. The second-order valence-corrected chi connectivity index (χ2v) is 9.32. The third-order valence-electron chi connectivity index (χ3n) is 5.90. The molecule has 1 aromatic carbocycles. The van der Waals surface area contributed by atoms with E-state index in [0.29, 0.717) is 34.6 Å². The minimum Gasteiger partial charge on any atom is -0.491 e. The van der Waals surface area contributed by atoms with Crippen LogP contribution < -0.4 is 4.74 Å². The summed E-state index contributed by atoms with van der Waals surface area (Å²) in [5.74, 6) is -0.101. The summed E-state index contributed by atoms with van der Waals surface area (Å²) in [4.78, 5) is 12.8. The van der Waals surface area contributed by atoms with Crippen LogP contribution in [0.2, 0.25) is 10.2 Å². The van der Waals surface area contributed by atoms with E-state index < -0.39 is 12.0 Å². The molecule has 1 aliphatic heterocycles. The van der Waals surface area contributed by atoms with E-state index in [4.69, 9.17) is 42.1 Å². The Bertz CT molecular complexity index is 1330. The molecule has 34 heavy (non-hydrogen) atoms. The normalized spacial score (nSPS) is 20.9.